The summed E-state index contributed by atoms with van der Waals surface area (Å²) in [7, 11) is 3.22. The van der Waals surface area contributed by atoms with Gasteiger partial charge in [0, 0.05) is 18.0 Å². The molecular formula is C16H21ClN2O2. The number of anilines is 1. The second kappa shape index (κ2) is 6.85. The number of nitrogens with zero attached hydrogens (tertiary/aromatic N) is 1. The van der Waals surface area contributed by atoms with Crippen molar-refractivity contribution in [2.75, 3.05) is 26.1 Å². The summed E-state index contributed by atoms with van der Waals surface area (Å²) in [5.41, 5.74) is 1.88. The Balaban J connectivity index is 2.70. The van der Waals surface area contributed by atoms with E-state index in [9.17, 15) is 0 Å². The largest absolute Gasteiger partial charge is 0.495 e. The zero-order valence-electron chi connectivity index (χ0n) is 12.9. The lowest BCUT2D eigenvalue weighted by molar-refractivity contribution is 0.397. The highest BCUT2D eigenvalue weighted by Crippen LogP contribution is 2.39. The number of aryl methyl sites for hydroxylation is 1. The fourth-order valence-corrected chi connectivity index (χ4v) is 2.54. The van der Waals surface area contributed by atoms with Crippen LogP contribution in [0.5, 0.6) is 11.5 Å². The Morgan fingerprint density at radius 1 is 1.14 bits per heavy atom. The van der Waals surface area contributed by atoms with E-state index >= 15 is 0 Å². The number of halogens is 1. The van der Waals surface area contributed by atoms with Gasteiger partial charge in [-0.1, -0.05) is 25.4 Å². The molecule has 0 fully saturated rings. The zero-order valence-corrected chi connectivity index (χ0v) is 13.7. The Hall–Kier alpha value is -1.68. The minimum absolute atomic E-state index is 0.567. The van der Waals surface area contributed by atoms with E-state index in [2.05, 4.69) is 25.2 Å². The number of pyridine rings is 1. The molecule has 4 nitrogen and oxygen atoms in total. The fourth-order valence-electron chi connectivity index (χ4n) is 2.26. The highest BCUT2D eigenvalue weighted by molar-refractivity contribution is 6.37. The van der Waals surface area contributed by atoms with E-state index in [0.717, 1.165) is 41.7 Å². The molecule has 1 heterocycles. The highest BCUT2D eigenvalue weighted by Gasteiger charge is 2.16. The lowest BCUT2D eigenvalue weighted by Crippen LogP contribution is -2.06. The molecule has 0 spiro atoms. The smallest absolute Gasteiger partial charge is 0.148 e. The maximum absolute atomic E-state index is 6.42. The number of aromatic nitrogens is 1. The Kier molecular flexibility index (Phi) is 5.12. The van der Waals surface area contributed by atoms with Gasteiger partial charge in [-0.3, -0.25) is 0 Å². The summed E-state index contributed by atoms with van der Waals surface area (Å²) in [6.07, 6.45) is 1.92. The van der Waals surface area contributed by atoms with Crippen LogP contribution in [0, 0.1) is 0 Å². The number of hydrogen-bond acceptors (Lipinski definition) is 4. The fraction of sp³-hybridized carbons (Fsp3) is 0.438. The molecule has 0 bridgehead atoms. The zero-order chi connectivity index (χ0) is 15.4. The molecule has 0 aliphatic heterocycles. The number of rotatable bonds is 6. The molecule has 5 heteroatoms. The van der Waals surface area contributed by atoms with Crippen molar-refractivity contribution in [2.24, 2.45) is 0 Å². The first-order valence-electron chi connectivity index (χ1n) is 7.14. The molecule has 0 aliphatic rings. The van der Waals surface area contributed by atoms with Gasteiger partial charge >= 0.3 is 0 Å². The van der Waals surface area contributed by atoms with Crippen molar-refractivity contribution in [3.63, 3.8) is 0 Å². The number of fused-ring (bicyclic) bond motifs is 1. The Bertz CT molecular complexity index is 644. The van der Waals surface area contributed by atoms with E-state index < -0.39 is 0 Å². The van der Waals surface area contributed by atoms with Gasteiger partial charge in [-0.2, -0.15) is 0 Å². The molecule has 0 amide bonds. The van der Waals surface area contributed by atoms with Crippen LogP contribution in [0.1, 0.15) is 25.8 Å². The molecule has 0 unspecified atom stereocenters. The molecular weight excluding hydrogens is 288 g/mol. The van der Waals surface area contributed by atoms with E-state index in [0.29, 0.717) is 16.5 Å². The highest BCUT2D eigenvalue weighted by atomic mass is 35.5. The van der Waals surface area contributed by atoms with E-state index in [4.69, 9.17) is 26.1 Å². The first-order chi connectivity index (χ1) is 10.2. The van der Waals surface area contributed by atoms with Crippen LogP contribution in [0.3, 0.4) is 0 Å². The van der Waals surface area contributed by atoms with Gasteiger partial charge < -0.3 is 14.8 Å². The first-order valence-corrected chi connectivity index (χ1v) is 7.51. The van der Waals surface area contributed by atoms with Crippen molar-refractivity contribution in [1.29, 1.82) is 0 Å². The van der Waals surface area contributed by atoms with Gasteiger partial charge in [-0.15, -0.1) is 0 Å². The van der Waals surface area contributed by atoms with Crippen LogP contribution in [-0.2, 0) is 6.42 Å². The van der Waals surface area contributed by atoms with Crippen LogP contribution in [0.25, 0.3) is 10.9 Å². The Morgan fingerprint density at radius 3 is 2.43 bits per heavy atom. The van der Waals surface area contributed by atoms with Crippen LogP contribution in [0.15, 0.2) is 12.1 Å². The summed E-state index contributed by atoms with van der Waals surface area (Å²) in [4.78, 5) is 4.71. The Morgan fingerprint density at radius 2 is 1.86 bits per heavy atom. The third-order valence-electron chi connectivity index (χ3n) is 3.41. The van der Waals surface area contributed by atoms with E-state index in [1.54, 1.807) is 20.3 Å². The lowest BCUT2D eigenvalue weighted by atomic mass is 10.1. The van der Waals surface area contributed by atoms with Crippen molar-refractivity contribution < 1.29 is 9.47 Å². The van der Waals surface area contributed by atoms with Gasteiger partial charge in [0.2, 0.25) is 0 Å². The molecule has 0 radical (unpaired) electrons. The molecule has 2 rings (SSSR count). The lowest BCUT2D eigenvalue weighted by Gasteiger charge is -2.15. The average molecular weight is 309 g/mol. The minimum Gasteiger partial charge on any atom is -0.495 e. The first kappa shape index (κ1) is 15.7. The monoisotopic (exact) mass is 308 g/mol. The number of hydrogen-bond donors (Lipinski definition) is 1. The summed E-state index contributed by atoms with van der Waals surface area (Å²) in [5, 5.41) is 4.79. The predicted molar refractivity (Wildman–Crippen MR) is 88.0 cm³/mol. The number of benzene rings is 1. The van der Waals surface area contributed by atoms with Gasteiger partial charge in [-0.25, -0.2) is 4.98 Å². The van der Waals surface area contributed by atoms with Crippen LogP contribution < -0.4 is 14.8 Å². The molecule has 114 valence electrons. The van der Waals surface area contributed by atoms with Crippen molar-refractivity contribution in [3.8, 4) is 11.5 Å². The van der Waals surface area contributed by atoms with Crippen molar-refractivity contribution in [3.05, 3.63) is 22.7 Å². The van der Waals surface area contributed by atoms with Gasteiger partial charge in [0.1, 0.15) is 22.8 Å². The normalized spacial score (nSPS) is 10.7. The minimum atomic E-state index is 0.567. The third kappa shape index (κ3) is 3.00. The van der Waals surface area contributed by atoms with E-state index in [1.165, 1.54) is 0 Å². The van der Waals surface area contributed by atoms with E-state index in [-0.39, 0.29) is 0 Å². The van der Waals surface area contributed by atoms with Crippen molar-refractivity contribution >= 4 is 28.3 Å². The van der Waals surface area contributed by atoms with Crippen molar-refractivity contribution in [2.45, 2.75) is 26.7 Å². The number of methoxy groups -OCH3 is 2. The summed E-state index contributed by atoms with van der Waals surface area (Å²) >= 11 is 6.42. The van der Waals surface area contributed by atoms with E-state index in [1.807, 2.05) is 0 Å². The second-order valence-electron chi connectivity index (χ2n) is 4.77. The molecule has 2 aromatic rings. The topological polar surface area (TPSA) is 43.4 Å². The van der Waals surface area contributed by atoms with Gasteiger partial charge in [0.15, 0.2) is 0 Å². The number of nitrogens with one attached hydrogen (secondary N) is 1. The molecule has 1 N–H and O–H groups in total. The molecule has 0 atom stereocenters. The number of ether oxygens (including phenoxy) is 2. The van der Waals surface area contributed by atoms with Gasteiger partial charge in [0.05, 0.1) is 19.2 Å². The molecule has 1 aromatic carbocycles. The summed E-state index contributed by atoms with van der Waals surface area (Å²) in [6, 6.07) is 3.83. The van der Waals surface area contributed by atoms with Crippen LogP contribution >= 0.6 is 11.6 Å². The summed E-state index contributed by atoms with van der Waals surface area (Å²) < 4.78 is 10.7. The van der Waals surface area contributed by atoms with Gasteiger partial charge in [0.25, 0.3) is 0 Å². The quantitative estimate of drug-likeness (QED) is 0.864. The molecule has 0 saturated heterocycles. The summed E-state index contributed by atoms with van der Waals surface area (Å²) in [6.45, 7) is 5.12. The van der Waals surface area contributed by atoms with Crippen LogP contribution in [0.2, 0.25) is 5.02 Å². The molecule has 0 aliphatic carbocycles. The third-order valence-corrected chi connectivity index (χ3v) is 3.80. The standard InChI is InChI=1S/C16H21ClN2O2/c1-5-7-18-16-10(6-2)8-11-14(17)12(20-3)9-13(21-4)15(11)19-16/h8-9H,5-7H2,1-4H3,(H,18,19). The molecule has 0 saturated carbocycles. The maximum atomic E-state index is 6.42. The molecule has 1 aromatic heterocycles. The SMILES string of the molecule is CCCNc1nc2c(OC)cc(OC)c(Cl)c2cc1CC. The van der Waals surface area contributed by atoms with Crippen LogP contribution in [0.4, 0.5) is 5.82 Å². The van der Waals surface area contributed by atoms with Crippen LogP contribution in [-0.4, -0.2) is 25.7 Å². The predicted octanol–water partition coefficient (Wildman–Crippen LogP) is 4.29. The Labute approximate surface area is 130 Å². The van der Waals surface area contributed by atoms with Crippen molar-refractivity contribution in [1.82, 2.24) is 4.98 Å². The summed E-state index contributed by atoms with van der Waals surface area (Å²) in [5.74, 6) is 2.15. The second-order valence-corrected chi connectivity index (χ2v) is 5.15. The molecule has 21 heavy (non-hydrogen) atoms. The average Bonchev–Trinajstić information content (AvgIpc) is 2.52. The maximum Gasteiger partial charge on any atom is 0.148 e. The van der Waals surface area contributed by atoms with Gasteiger partial charge in [-0.05, 0) is 24.5 Å².